The van der Waals surface area contributed by atoms with E-state index in [1.165, 1.54) is 25.8 Å². The van der Waals surface area contributed by atoms with Crippen molar-refractivity contribution in [1.82, 2.24) is 10.2 Å². The molecule has 0 aromatic rings. The van der Waals surface area contributed by atoms with Crippen molar-refractivity contribution in [3.05, 3.63) is 11.6 Å². The fourth-order valence-electron chi connectivity index (χ4n) is 1.91. The van der Waals surface area contributed by atoms with Crippen molar-refractivity contribution in [1.29, 1.82) is 0 Å². The first kappa shape index (κ1) is 12.0. The molecule has 0 aliphatic carbocycles. The number of nitrogens with zero attached hydrogens (tertiary/aromatic N) is 1. The van der Waals surface area contributed by atoms with Gasteiger partial charge in [-0.15, -0.1) is 0 Å². The van der Waals surface area contributed by atoms with Gasteiger partial charge in [0, 0.05) is 24.7 Å². The van der Waals surface area contributed by atoms with Crippen LogP contribution in [0.4, 0.5) is 0 Å². The van der Waals surface area contributed by atoms with E-state index in [0.29, 0.717) is 6.04 Å². The van der Waals surface area contributed by atoms with Gasteiger partial charge >= 0.3 is 0 Å². The Morgan fingerprint density at radius 2 is 2.36 bits per heavy atom. The number of likely N-dealkylation sites (N-methyl/N-ethyl adjacent to an activating group) is 1. The van der Waals surface area contributed by atoms with Crippen LogP contribution in [-0.4, -0.2) is 37.1 Å². The number of rotatable bonds is 5. The standard InChI is InChI=1S/C11H21ClN2/c1-2-14(9-5-7-12)10-11-6-3-4-8-13-11/h5,7,11,13H,2-4,6,8-10H2,1H3/b7-5+. The first-order valence-corrected chi connectivity index (χ1v) is 6.01. The van der Waals surface area contributed by atoms with Crippen LogP contribution in [0.5, 0.6) is 0 Å². The van der Waals surface area contributed by atoms with Gasteiger partial charge in [0.2, 0.25) is 0 Å². The van der Waals surface area contributed by atoms with E-state index in [0.717, 1.165) is 19.6 Å². The fraction of sp³-hybridized carbons (Fsp3) is 0.818. The quantitative estimate of drug-likeness (QED) is 0.758. The van der Waals surface area contributed by atoms with Crippen LogP contribution >= 0.6 is 11.6 Å². The zero-order valence-corrected chi connectivity index (χ0v) is 9.76. The lowest BCUT2D eigenvalue weighted by Crippen LogP contribution is -2.43. The molecule has 82 valence electrons. The van der Waals surface area contributed by atoms with Crippen LogP contribution in [0.15, 0.2) is 11.6 Å². The molecule has 1 aliphatic heterocycles. The molecule has 3 heteroatoms. The summed E-state index contributed by atoms with van der Waals surface area (Å²) < 4.78 is 0. The normalized spacial score (nSPS) is 23.5. The topological polar surface area (TPSA) is 15.3 Å². The molecular formula is C11H21ClN2. The third-order valence-electron chi connectivity index (χ3n) is 2.79. The smallest absolute Gasteiger partial charge is 0.0195 e. The van der Waals surface area contributed by atoms with Gasteiger partial charge in [0.15, 0.2) is 0 Å². The molecule has 14 heavy (non-hydrogen) atoms. The van der Waals surface area contributed by atoms with E-state index in [1.807, 2.05) is 6.08 Å². The molecule has 1 rings (SSSR count). The number of piperidine rings is 1. The van der Waals surface area contributed by atoms with E-state index in [4.69, 9.17) is 11.6 Å². The lowest BCUT2D eigenvalue weighted by atomic mass is 10.0. The Balaban J connectivity index is 2.23. The second kappa shape index (κ2) is 7.27. The maximum absolute atomic E-state index is 5.52. The highest BCUT2D eigenvalue weighted by molar-refractivity contribution is 6.25. The predicted molar refractivity (Wildman–Crippen MR) is 62.7 cm³/mol. The van der Waals surface area contributed by atoms with Gasteiger partial charge in [0.1, 0.15) is 0 Å². The van der Waals surface area contributed by atoms with Crippen LogP contribution in [0.1, 0.15) is 26.2 Å². The van der Waals surface area contributed by atoms with Crippen LogP contribution in [0.2, 0.25) is 0 Å². The summed E-state index contributed by atoms with van der Waals surface area (Å²) in [5.41, 5.74) is 1.61. The number of nitrogens with one attached hydrogen (secondary N) is 1. The average Bonchev–Trinajstić information content (AvgIpc) is 2.25. The highest BCUT2D eigenvalue weighted by Crippen LogP contribution is 2.08. The highest BCUT2D eigenvalue weighted by atomic mass is 35.5. The Kier molecular flexibility index (Phi) is 6.24. The van der Waals surface area contributed by atoms with Crippen LogP contribution in [0.25, 0.3) is 0 Å². The minimum Gasteiger partial charge on any atom is -0.313 e. The molecule has 1 unspecified atom stereocenters. The average molecular weight is 217 g/mol. The van der Waals surface area contributed by atoms with E-state index >= 15 is 0 Å². The van der Waals surface area contributed by atoms with Gasteiger partial charge in [-0.25, -0.2) is 0 Å². The summed E-state index contributed by atoms with van der Waals surface area (Å²) in [7, 11) is 0. The van der Waals surface area contributed by atoms with E-state index in [2.05, 4.69) is 17.1 Å². The van der Waals surface area contributed by atoms with Crippen LogP contribution in [0, 0.1) is 0 Å². The van der Waals surface area contributed by atoms with Crippen molar-refractivity contribution in [2.75, 3.05) is 26.2 Å². The second-order valence-electron chi connectivity index (χ2n) is 3.86. The Morgan fingerprint density at radius 3 is 2.93 bits per heavy atom. The zero-order valence-electron chi connectivity index (χ0n) is 9.01. The third kappa shape index (κ3) is 4.45. The summed E-state index contributed by atoms with van der Waals surface area (Å²) in [6.45, 7) is 6.60. The summed E-state index contributed by atoms with van der Waals surface area (Å²) in [6, 6.07) is 0.687. The number of hydrogen-bond donors (Lipinski definition) is 1. The molecule has 1 fully saturated rings. The van der Waals surface area contributed by atoms with E-state index in [-0.39, 0.29) is 0 Å². The van der Waals surface area contributed by atoms with Gasteiger partial charge in [0.05, 0.1) is 0 Å². The Morgan fingerprint density at radius 1 is 1.50 bits per heavy atom. The summed E-state index contributed by atoms with van der Waals surface area (Å²) in [5, 5.41) is 3.56. The van der Waals surface area contributed by atoms with Gasteiger partial charge in [-0.05, 0) is 25.9 Å². The summed E-state index contributed by atoms with van der Waals surface area (Å²) in [5.74, 6) is 0. The van der Waals surface area contributed by atoms with Crippen molar-refractivity contribution < 1.29 is 0 Å². The molecule has 1 N–H and O–H groups in total. The molecule has 0 bridgehead atoms. The molecule has 0 aromatic heterocycles. The van der Waals surface area contributed by atoms with Gasteiger partial charge in [0.25, 0.3) is 0 Å². The zero-order chi connectivity index (χ0) is 10.2. The van der Waals surface area contributed by atoms with Gasteiger partial charge in [-0.1, -0.05) is 31.0 Å². The monoisotopic (exact) mass is 216 g/mol. The van der Waals surface area contributed by atoms with Crippen LogP contribution < -0.4 is 5.32 Å². The SMILES string of the molecule is CCN(C/C=C/Cl)CC1CCCCN1. The molecule has 2 nitrogen and oxygen atoms in total. The van der Waals surface area contributed by atoms with Crippen LogP contribution in [-0.2, 0) is 0 Å². The first-order valence-electron chi connectivity index (χ1n) is 5.57. The lowest BCUT2D eigenvalue weighted by Gasteiger charge is -2.29. The second-order valence-corrected chi connectivity index (χ2v) is 4.11. The van der Waals surface area contributed by atoms with Crippen molar-refractivity contribution in [3.8, 4) is 0 Å². The van der Waals surface area contributed by atoms with Crippen molar-refractivity contribution in [2.45, 2.75) is 32.2 Å². The third-order valence-corrected chi connectivity index (χ3v) is 2.97. The van der Waals surface area contributed by atoms with E-state index in [9.17, 15) is 0 Å². The van der Waals surface area contributed by atoms with Crippen molar-refractivity contribution >= 4 is 11.6 Å². The summed E-state index contributed by atoms with van der Waals surface area (Å²) in [4.78, 5) is 2.42. The van der Waals surface area contributed by atoms with Crippen molar-refractivity contribution in [3.63, 3.8) is 0 Å². The maximum Gasteiger partial charge on any atom is 0.0195 e. The minimum absolute atomic E-state index is 0.687. The summed E-state index contributed by atoms with van der Waals surface area (Å²) >= 11 is 5.52. The molecular weight excluding hydrogens is 196 g/mol. The molecule has 1 aliphatic rings. The van der Waals surface area contributed by atoms with E-state index in [1.54, 1.807) is 5.54 Å². The fourth-order valence-corrected chi connectivity index (χ4v) is 1.99. The lowest BCUT2D eigenvalue weighted by molar-refractivity contribution is 0.252. The van der Waals surface area contributed by atoms with Gasteiger partial charge < -0.3 is 5.32 Å². The molecule has 1 saturated heterocycles. The molecule has 0 amide bonds. The van der Waals surface area contributed by atoms with E-state index < -0.39 is 0 Å². The largest absolute Gasteiger partial charge is 0.313 e. The molecule has 1 heterocycles. The molecule has 0 aromatic carbocycles. The van der Waals surface area contributed by atoms with Crippen LogP contribution in [0.3, 0.4) is 0 Å². The first-order chi connectivity index (χ1) is 6.86. The molecule has 1 atom stereocenters. The minimum atomic E-state index is 0.687. The Labute approximate surface area is 92.3 Å². The number of hydrogen-bond acceptors (Lipinski definition) is 2. The number of halogens is 1. The Bertz CT molecular complexity index is 165. The predicted octanol–water partition coefficient (Wildman–Crippen LogP) is 2.20. The van der Waals surface area contributed by atoms with Crippen molar-refractivity contribution in [2.24, 2.45) is 0 Å². The molecule has 0 spiro atoms. The maximum atomic E-state index is 5.52. The van der Waals surface area contributed by atoms with Gasteiger partial charge in [-0.3, -0.25) is 4.90 Å². The molecule has 0 radical (unpaired) electrons. The summed E-state index contributed by atoms with van der Waals surface area (Å²) in [6.07, 6.45) is 6.04. The Hall–Kier alpha value is -0.0500. The van der Waals surface area contributed by atoms with Gasteiger partial charge in [-0.2, -0.15) is 0 Å². The molecule has 0 saturated carbocycles. The highest BCUT2D eigenvalue weighted by Gasteiger charge is 2.14.